The summed E-state index contributed by atoms with van der Waals surface area (Å²) in [7, 11) is 0. The Kier molecular flexibility index (Phi) is 4.43. The van der Waals surface area contributed by atoms with Crippen LogP contribution < -0.4 is 4.90 Å². The lowest BCUT2D eigenvalue weighted by atomic mass is 9.94. The van der Waals surface area contributed by atoms with Gasteiger partial charge in [0.05, 0.1) is 5.88 Å². The number of thioether (sulfide) groups is 1. The van der Waals surface area contributed by atoms with Crippen LogP contribution in [0.1, 0.15) is 24.0 Å². The molecular formula is C17H24N2OS. The van der Waals surface area contributed by atoms with E-state index in [4.69, 9.17) is 0 Å². The summed E-state index contributed by atoms with van der Waals surface area (Å²) < 4.78 is 0. The average molecular weight is 304 g/mol. The number of carbonyl (C=O) groups excluding carboxylic acids is 1. The second kappa shape index (κ2) is 6.30. The Bertz CT molecular complexity index is 518. The fourth-order valence-electron chi connectivity index (χ4n) is 3.29. The van der Waals surface area contributed by atoms with Gasteiger partial charge in [-0.15, -0.1) is 11.8 Å². The summed E-state index contributed by atoms with van der Waals surface area (Å²) in [6, 6.07) is 6.51. The lowest BCUT2D eigenvalue weighted by Crippen LogP contribution is -2.41. The highest BCUT2D eigenvalue weighted by atomic mass is 32.2. The average Bonchev–Trinajstić information content (AvgIpc) is 3.04. The molecule has 0 unspecified atom stereocenters. The van der Waals surface area contributed by atoms with Crippen molar-refractivity contribution in [2.75, 3.05) is 36.2 Å². The maximum Gasteiger partial charge on any atom is 0.226 e. The minimum Gasteiger partial charge on any atom is -0.371 e. The summed E-state index contributed by atoms with van der Waals surface area (Å²) in [6.45, 7) is 7.31. The molecule has 114 valence electrons. The molecule has 0 saturated carbocycles. The van der Waals surface area contributed by atoms with E-state index < -0.39 is 0 Å². The molecule has 1 amide bonds. The zero-order valence-electron chi connectivity index (χ0n) is 13.0. The summed E-state index contributed by atoms with van der Waals surface area (Å²) in [5.74, 6) is 2.63. The van der Waals surface area contributed by atoms with Crippen LogP contribution in [-0.4, -0.2) is 42.1 Å². The maximum atomic E-state index is 12.5. The van der Waals surface area contributed by atoms with Gasteiger partial charge in [-0.3, -0.25) is 4.79 Å². The van der Waals surface area contributed by atoms with E-state index in [1.165, 1.54) is 16.8 Å². The van der Waals surface area contributed by atoms with E-state index >= 15 is 0 Å². The third-order valence-electron chi connectivity index (χ3n) is 4.83. The topological polar surface area (TPSA) is 23.6 Å². The third kappa shape index (κ3) is 3.05. The van der Waals surface area contributed by atoms with E-state index in [2.05, 4.69) is 36.9 Å². The summed E-state index contributed by atoms with van der Waals surface area (Å²) in [4.78, 5) is 17.0. The Labute approximate surface area is 131 Å². The molecule has 0 spiro atoms. The van der Waals surface area contributed by atoms with Gasteiger partial charge in [0.15, 0.2) is 0 Å². The van der Waals surface area contributed by atoms with Gasteiger partial charge in [0, 0.05) is 37.0 Å². The van der Waals surface area contributed by atoms with E-state index in [1.807, 2.05) is 16.7 Å². The molecule has 2 saturated heterocycles. The molecule has 0 aliphatic carbocycles. The number of hydrogen-bond donors (Lipinski definition) is 0. The van der Waals surface area contributed by atoms with Crippen LogP contribution in [0.15, 0.2) is 18.2 Å². The van der Waals surface area contributed by atoms with Crippen LogP contribution in [0.4, 0.5) is 5.69 Å². The fourth-order valence-corrected chi connectivity index (χ4v) is 4.25. The number of benzene rings is 1. The van der Waals surface area contributed by atoms with Crippen molar-refractivity contribution >= 4 is 23.4 Å². The summed E-state index contributed by atoms with van der Waals surface area (Å²) in [6.07, 6.45) is 1.99. The number of carbonyl (C=O) groups is 1. The molecule has 4 heteroatoms. The first kappa shape index (κ1) is 14.8. The predicted molar refractivity (Wildman–Crippen MR) is 89.9 cm³/mol. The highest BCUT2D eigenvalue weighted by molar-refractivity contribution is 7.99. The number of aryl methyl sites for hydroxylation is 1. The molecule has 3 nitrogen and oxygen atoms in total. The number of piperidine rings is 1. The van der Waals surface area contributed by atoms with Gasteiger partial charge in [0.2, 0.25) is 5.91 Å². The van der Waals surface area contributed by atoms with Crippen LogP contribution in [0, 0.1) is 19.8 Å². The molecule has 1 aromatic rings. The van der Waals surface area contributed by atoms with Crippen molar-refractivity contribution in [3.63, 3.8) is 0 Å². The first-order chi connectivity index (χ1) is 10.2. The Morgan fingerprint density at radius 2 is 1.95 bits per heavy atom. The lowest BCUT2D eigenvalue weighted by molar-refractivity contribution is -0.134. The summed E-state index contributed by atoms with van der Waals surface area (Å²) in [5.41, 5.74) is 4.07. The van der Waals surface area contributed by atoms with E-state index in [0.29, 0.717) is 5.91 Å². The summed E-state index contributed by atoms with van der Waals surface area (Å²) in [5, 5.41) is 0. The molecule has 2 aliphatic rings. The van der Waals surface area contributed by atoms with Crippen LogP contribution in [-0.2, 0) is 4.79 Å². The van der Waals surface area contributed by atoms with Crippen LogP contribution in [0.25, 0.3) is 0 Å². The first-order valence-corrected chi connectivity index (χ1v) is 9.00. The van der Waals surface area contributed by atoms with Crippen LogP contribution in [0.3, 0.4) is 0 Å². The third-order valence-corrected chi connectivity index (χ3v) is 5.79. The molecule has 0 atom stereocenters. The molecular weight excluding hydrogens is 280 g/mol. The number of anilines is 1. The molecule has 2 aliphatic heterocycles. The highest BCUT2D eigenvalue weighted by Gasteiger charge is 2.30. The predicted octanol–water partition coefficient (Wildman–Crippen LogP) is 3.05. The smallest absolute Gasteiger partial charge is 0.226 e. The molecule has 0 N–H and O–H groups in total. The Hall–Kier alpha value is -1.16. The molecule has 0 radical (unpaired) electrons. The molecule has 3 rings (SSSR count). The molecule has 1 aromatic carbocycles. The van der Waals surface area contributed by atoms with Gasteiger partial charge in [-0.05, 0) is 43.9 Å². The second-order valence-corrected chi connectivity index (χ2v) is 7.19. The van der Waals surface area contributed by atoms with E-state index in [9.17, 15) is 4.79 Å². The van der Waals surface area contributed by atoms with Gasteiger partial charge < -0.3 is 9.80 Å². The van der Waals surface area contributed by atoms with Gasteiger partial charge in [-0.2, -0.15) is 0 Å². The van der Waals surface area contributed by atoms with Crippen molar-refractivity contribution in [1.82, 2.24) is 4.90 Å². The highest BCUT2D eigenvalue weighted by Crippen LogP contribution is 2.29. The zero-order chi connectivity index (χ0) is 14.8. The van der Waals surface area contributed by atoms with Crippen LogP contribution >= 0.6 is 11.8 Å². The monoisotopic (exact) mass is 304 g/mol. The SMILES string of the molecule is Cc1cccc(N2CCC(C(=O)N3CCSC3)CC2)c1C. The number of nitrogens with zero attached hydrogens (tertiary/aromatic N) is 2. The Morgan fingerprint density at radius 1 is 1.19 bits per heavy atom. The quantitative estimate of drug-likeness (QED) is 0.839. The van der Waals surface area contributed by atoms with Crippen molar-refractivity contribution in [3.05, 3.63) is 29.3 Å². The van der Waals surface area contributed by atoms with Crippen molar-refractivity contribution in [3.8, 4) is 0 Å². The van der Waals surface area contributed by atoms with Gasteiger partial charge in [0.25, 0.3) is 0 Å². The lowest BCUT2D eigenvalue weighted by Gasteiger charge is -2.35. The molecule has 0 aromatic heterocycles. The van der Waals surface area contributed by atoms with Gasteiger partial charge in [0.1, 0.15) is 0 Å². The number of amides is 1. The Morgan fingerprint density at radius 3 is 2.62 bits per heavy atom. The van der Waals surface area contributed by atoms with Crippen LogP contribution in [0.5, 0.6) is 0 Å². The van der Waals surface area contributed by atoms with E-state index in [0.717, 1.165) is 44.1 Å². The van der Waals surface area contributed by atoms with E-state index in [1.54, 1.807) is 0 Å². The van der Waals surface area contributed by atoms with Gasteiger partial charge in [-0.1, -0.05) is 12.1 Å². The van der Waals surface area contributed by atoms with Crippen molar-refractivity contribution in [2.45, 2.75) is 26.7 Å². The van der Waals surface area contributed by atoms with Crippen molar-refractivity contribution < 1.29 is 4.79 Å². The first-order valence-electron chi connectivity index (χ1n) is 7.84. The number of hydrogen-bond acceptors (Lipinski definition) is 3. The fraction of sp³-hybridized carbons (Fsp3) is 0.588. The minimum atomic E-state index is 0.241. The molecule has 21 heavy (non-hydrogen) atoms. The van der Waals surface area contributed by atoms with Crippen LogP contribution in [0.2, 0.25) is 0 Å². The molecule has 0 bridgehead atoms. The largest absolute Gasteiger partial charge is 0.371 e. The van der Waals surface area contributed by atoms with Gasteiger partial charge >= 0.3 is 0 Å². The Balaban J connectivity index is 1.62. The standard InChI is InChI=1S/C17H24N2OS/c1-13-4-3-5-16(14(13)2)18-8-6-15(7-9-18)17(20)19-10-11-21-12-19/h3-5,15H,6-12H2,1-2H3. The maximum absolute atomic E-state index is 12.5. The second-order valence-electron chi connectivity index (χ2n) is 6.12. The van der Waals surface area contributed by atoms with Crippen molar-refractivity contribution in [1.29, 1.82) is 0 Å². The summed E-state index contributed by atoms with van der Waals surface area (Å²) >= 11 is 1.87. The van der Waals surface area contributed by atoms with Crippen molar-refractivity contribution in [2.24, 2.45) is 5.92 Å². The molecule has 2 heterocycles. The van der Waals surface area contributed by atoms with Gasteiger partial charge in [-0.25, -0.2) is 0 Å². The number of rotatable bonds is 2. The minimum absolute atomic E-state index is 0.241. The van der Waals surface area contributed by atoms with E-state index in [-0.39, 0.29) is 5.92 Å². The molecule has 2 fully saturated rings. The normalized spacial score (nSPS) is 20.1. The zero-order valence-corrected chi connectivity index (χ0v) is 13.8.